The minimum absolute atomic E-state index is 0.0198. The number of nitrogens with zero attached hydrogens (tertiary/aromatic N) is 1. The van der Waals surface area contributed by atoms with E-state index in [4.69, 9.17) is 5.73 Å². The van der Waals surface area contributed by atoms with Crippen LogP contribution in [-0.4, -0.2) is 23.8 Å². The Morgan fingerprint density at radius 3 is 2.67 bits per heavy atom. The van der Waals surface area contributed by atoms with Crippen LogP contribution in [0.25, 0.3) is 0 Å². The van der Waals surface area contributed by atoms with Crippen molar-refractivity contribution in [2.75, 3.05) is 12.8 Å². The normalized spacial score (nSPS) is 11.9. The Labute approximate surface area is 107 Å². The smallest absolute Gasteiger partial charge is 0.306 e. The molecule has 1 heterocycles. The second-order valence-corrected chi connectivity index (χ2v) is 4.75. The van der Waals surface area contributed by atoms with Crippen LogP contribution in [0, 0.1) is 16.0 Å². The number of Topliss-reactive ketones (excluding diaryl/α,β-unsaturated/α-hetero) is 1. The summed E-state index contributed by atoms with van der Waals surface area (Å²) in [5.74, 6) is -1.46. The van der Waals surface area contributed by atoms with E-state index in [1.807, 2.05) is 0 Å². The van der Waals surface area contributed by atoms with Crippen LogP contribution in [0.2, 0.25) is 0 Å². The first-order valence-electron chi connectivity index (χ1n) is 5.01. The molecule has 2 N–H and O–H groups in total. The van der Waals surface area contributed by atoms with Gasteiger partial charge in [-0.15, -0.1) is 11.3 Å². The van der Waals surface area contributed by atoms with E-state index in [2.05, 4.69) is 4.74 Å². The molecule has 0 fully saturated rings. The average molecular weight is 272 g/mol. The van der Waals surface area contributed by atoms with Crippen molar-refractivity contribution in [3.63, 3.8) is 0 Å². The summed E-state index contributed by atoms with van der Waals surface area (Å²) in [6, 6.07) is 1.14. The lowest BCUT2D eigenvalue weighted by atomic mass is 10.0. The molecule has 8 heteroatoms. The summed E-state index contributed by atoms with van der Waals surface area (Å²) in [5, 5.41) is 10.6. The highest BCUT2D eigenvalue weighted by atomic mass is 32.1. The molecule has 1 rings (SSSR count). The van der Waals surface area contributed by atoms with E-state index in [0.717, 1.165) is 17.4 Å². The molecular weight excluding hydrogens is 260 g/mol. The SMILES string of the molecule is COC(=O)CC(C)C(=O)c1cc([N+](=O)[O-])c(N)s1. The van der Waals surface area contributed by atoms with Crippen molar-refractivity contribution in [3.05, 3.63) is 21.1 Å². The minimum Gasteiger partial charge on any atom is -0.469 e. The van der Waals surface area contributed by atoms with Crippen LogP contribution < -0.4 is 5.73 Å². The van der Waals surface area contributed by atoms with Crippen molar-refractivity contribution in [2.24, 2.45) is 5.92 Å². The summed E-state index contributed by atoms with van der Waals surface area (Å²) in [7, 11) is 1.23. The van der Waals surface area contributed by atoms with Crippen molar-refractivity contribution in [3.8, 4) is 0 Å². The first kappa shape index (κ1) is 14.1. The predicted octanol–water partition coefficient (Wildman–Crippen LogP) is 1.62. The quantitative estimate of drug-likeness (QED) is 0.377. The van der Waals surface area contributed by atoms with Crippen molar-refractivity contribution in [2.45, 2.75) is 13.3 Å². The van der Waals surface area contributed by atoms with Crippen LogP contribution in [0.1, 0.15) is 23.0 Å². The average Bonchev–Trinajstić information content (AvgIpc) is 2.70. The number of thiophene rings is 1. The van der Waals surface area contributed by atoms with Crippen molar-refractivity contribution < 1.29 is 19.2 Å². The molecule has 0 saturated carbocycles. The Balaban J connectivity index is 2.87. The number of nitrogens with two attached hydrogens (primary N) is 1. The number of carbonyl (C=O) groups excluding carboxylic acids is 2. The zero-order chi connectivity index (χ0) is 13.9. The maximum absolute atomic E-state index is 11.9. The third-order valence-corrected chi connectivity index (χ3v) is 3.30. The molecule has 0 aliphatic rings. The summed E-state index contributed by atoms with van der Waals surface area (Å²) in [5.41, 5.74) is 5.16. The summed E-state index contributed by atoms with van der Waals surface area (Å²) >= 11 is 0.848. The van der Waals surface area contributed by atoms with Gasteiger partial charge in [0.2, 0.25) is 0 Å². The highest BCUT2D eigenvalue weighted by Crippen LogP contribution is 2.33. The number of ketones is 1. The first-order chi connectivity index (χ1) is 8.36. The zero-order valence-electron chi connectivity index (χ0n) is 9.84. The van der Waals surface area contributed by atoms with Gasteiger partial charge in [0.15, 0.2) is 10.8 Å². The number of esters is 1. The largest absolute Gasteiger partial charge is 0.469 e. The Bertz CT molecular complexity index is 496. The van der Waals surface area contributed by atoms with Crippen LogP contribution in [-0.2, 0) is 9.53 Å². The number of hydrogen-bond acceptors (Lipinski definition) is 7. The number of ether oxygens (including phenoxy) is 1. The van der Waals surface area contributed by atoms with Crippen LogP contribution >= 0.6 is 11.3 Å². The van der Waals surface area contributed by atoms with Crippen LogP contribution in [0.15, 0.2) is 6.07 Å². The number of nitro groups is 1. The molecule has 0 spiro atoms. The molecule has 1 atom stereocenters. The number of methoxy groups -OCH3 is 1. The Morgan fingerprint density at radius 2 is 2.22 bits per heavy atom. The molecule has 0 aromatic carbocycles. The molecule has 0 bridgehead atoms. The first-order valence-corrected chi connectivity index (χ1v) is 5.83. The van der Waals surface area contributed by atoms with Gasteiger partial charge < -0.3 is 10.5 Å². The number of hydrogen-bond donors (Lipinski definition) is 1. The molecular formula is C10H12N2O5S. The Hall–Kier alpha value is -1.96. The highest BCUT2D eigenvalue weighted by Gasteiger charge is 2.25. The van der Waals surface area contributed by atoms with Crippen molar-refractivity contribution in [1.82, 2.24) is 0 Å². The third kappa shape index (κ3) is 3.04. The maximum atomic E-state index is 11.9. The lowest BCUT2D eigenvalue weighted by molar-refractivity contribution is -0.383. The van der Waals surface area contributed by atoms with Gasteiger partial charge in [-0.25, -0.2) is 0 Å². The number of nitrogen functional groups attached to an aromatic ring is 1. The lowest BCUT2D eigenvalue weighted by Gasteiger charge is -2.06. The molecule has 1 aromatic rings. The van der Waals surface area contributed by atoms with Gasteiger partial charge in [-0.2, -0.15) is 0 Å². The van der Waals surface area contributed by atoms with E-state index in [9.17, 15) is 19.7 Å². The topological polar surface area (TPSA) is 113 Å². The molecule has 0 radical (unpaired) electrons. The van der Waals surface area contributed by atoms with E-state index in [-0.39, 0.29) is 27.8 Å². The van der Waals surface area contributed by atoms with Gasteiger partial charge >= 0.3 is 11.7 Å². The molecule has 7 nitrogen and oxygen atoms in total. The number of anilines is 1. The molecule has 1 unspecified atom stereocenters. The van der Waals surface area contributed by atoms with Crippen molar-refractivity contribution >= 4 is 33.8 Å². The summed E-state index contributed by atoms with van der Waals surface area (Å²) in [6.45, 7) is 1.56. The van der Waals surface area contributed by atoms with E-state index in [0.29, 0.717) is 0 Å². The fourth-order valence-corrected chi connectivity index (χ4v) is 2.28. The van der Waals surface area contributed by atoms with Gasteiger partial charge in [0.05, 0.1) is 23.3 Å². The fourth-order valence-electron chi connectivity index (χ4n) is 1.33. The van der Waals surface area contributed by atoms with E-state index in [1.54, 1.807) is 6.92 Å². The summed E-state index contributed by atoms with van der Waals surface area (Å²) in [6.07, 6.45) is -0.0685. The second kappa shape index (κ2) is 5.58. The molecule has 98 valence electrons. The van der Waals surface area contributed by atoms with E-state index >= 15 is 0 Å². The highest BCUT2D eigenvalue weighted by molar-refractivity contribution is 7.18. The monoisotopic (exact) mass is 272 g/mol. The zero-order valence-corrected chi connectivity index (χ0v) is 10.7. The van der Waals surface area contributed by atoms with Crippen LogP contribution in [0.5, 0.6) is 0 Å². The Morgan fingerprint density at radius 1 is 1.61 bits per heavy atom. The maximum Gasteiger partial charge on any atom is 0.306 e. The van der Waals surface area contributed by atoms with E-state index in [1.165, 1.54) is 7.11 Å². The Kier molecular flexibility index (Phi) is 4.38. The standard InChI is InChI=1S/C10H12N2O5S/c1-5(3-8(13)17-2)9(14)7-4-6(12(15)16)10(11)18-7/h4-5H,3,11H2,1-2H3. The van der Waals surface area contributed by atoms with Gasteiger partial charge in [0.1, 0.15) is 0 Å². The summed E-state index contributed by atoms with van der Waals surface area (Å²) < 4.78 is 4.45. The fraction of sp³-hybridized carbons (Fsp3) is 0.400. The molecule has 1 aromatic heterocycles. The number of rotatable bonds is 5. The molecule has 0 aliphatic carbocycles. The lowest BCUT2D eigenvalue weighted by Crippen LogP contribution is -2.15. The number of carbonyl (C=O) groups is 2. The summed E-state index contributed by atoms with van der Waals surface area (Å²) in [4.78, 5) is 33.1. The molecule has 18 heavy (non-hydrogen) atoms. The second-order valence-electron chi connectivity index (χ2n) is 3.66. The van der Waals surface area contributed by atoms with Crippen LogP contribution in [0.3, 0.4) is 0 Å². The van der Waals surface area contributed by atoms with Gasteiger partial charge in [-0.3, -0.25) is 19.7 Å². The molecule has 0 aliphatic heterocycles. The molecule has 0 saturated heterocycles. The van der Waals surface area contributed by atoms with Gasteiger partial charge in [0.25, 0.3) is 0 Å². The van der Waals surface area contributed by atoms with Gasteiger partial charge in [0, 0.05) is 12.0 Å². The van der Waals surface area contributed by atoms with Crippen molar-refractivity contribution in [1.29, 1.82) is 0 Å². The van der Waals surface area contributed by atoms with Gasteiger partial charge in [-0.1, -0.05) is 6.92 Å². The third-order valence-electron chi connectivity index (χ3n) is 2.33. The van der Waals surface area contributed by atoms with Gasteiger partial charge in [-0.05, 0) is 0 Å². The predicted molar refractivity (Wildman–Crippen MR) is 65.5 cm³/mol. The minimum atomic E-state index is -0.645. The van der Waals surface area contributed by atoms with E-state index < -0.39 is 16.8 Å². The molecule has 0 amide bonds. The van der Waals surface area contributed by atoms with Crippen LogP contribution in [0.4, 0.5) is 10.7 Å².